The van der Waals surface area contributed by atoms with Crippen molar-refractivity contribution in [1.82, 2.24) is 0 Å². The Morgan fingerprint density at radius 2 is 2.04 bits per heavy atom. The summed E-state index contributed by atoms with van der Waals surface area (Å²) in [7, 11) is 1.61. The summed E-state index contributed by atoms with van der Waals surface area (Å²) in [5.41, 5.74) is 2.45. The van der Waals surface area contributed by atoms with E-state index in [1.165, 1.54) is 0 Å². The zero-order valence-corrected chi connectivity index (χ0v) is 14.9. The maximum absolute atomic E-state index is 13.1. The lowest BCUT2D eigenvalue weighted by Crippen LogP contribution is -2.43. The third-order valence-electron chi connectivity index (χ3n) is 4.37. The van der Waals surface area contributed by atoms with Crippen LogP contribution >= 0.6 is 0 Å². The van der Waals surface area contributed by atoms with Gasteiger partial charge in [0.05, 0.1) is 19.3 Å². The topological polar surface area (TPSA) is 38.8 Å². The number of allylic oxidation sites excluding steroid dienone is 1. The number of hydrogen-bond acceptors (Lipinski definition) is 3. The Kier molecular flexibility index (Phi) is 5.08. The summed E-state index contributed by atoms with van der Waals surface area (Å²) < 4.78 is 11.3. The molecule has 0 saturated heterocycles. The first-order valence-electron chi connectivity index (χ1n) is 8.56. The van der Waals surface area contributed by atoms with Crippen LogP contribution in [0.15, 0.2) is 48.5 Å². The van der Waals surface area contributed by atoms with Crippen LogP contribution in [0.3, 0.4) is 0 Å². The first kappa shape index (κ1) is 17.1. The van der Waals surface area contributed by atoms with Crippen molar-refractivity contribution in [2.75, 3.05) is 18.6 Å². The quantitative estimate of drug-likeness (QED) is 0.822. The van der Waals surface area contributed by atoms with Gasteiger partial charge < -0.3 is 14.4 Å². The first-order valence-corrected chi connectivity index (χ1v) is 8.56. The fourth-order valence-electron chi connectivity index (χ4n) is 2.99. The molecule has 2 aromatic carbocycles. The van der Waals surface area contributed by atoms with E-state index in [9.17, 15) is 4.79 Å². The molecule has 0 N–H and O–H groups in total. The number of para-hydroxylation sites is 1. The van der Waals surface area contributed by atoms with Gasteiger partial charge in [0.25, 0.3) is 5.91 Å². The molecule has 1 aliphatic heterocycles. The maximum Gasteiger partial charge on any atom is 0.258 e. The molecule has 0 bridgehead atoms. The molecule has 0 radical (unpaired) electrons. The van der Waals surface area contributed by atoms with Crippen LogP contribution in [0.2, 0.25) is 0 Å². The van der Waals surface area contributed by atoms with Crippen molar-refractivity contribution in [2.24, 2.45) is 0 Å². The first-order chi connectivity index (χ1) is 12.2. The minimum Gasteiger partial charge on any atom is -0.497 e. The molecule has 0 fully saturated rings. The average molecular weight is 337 g/mol. The van der Waals surface area contributed by atoms with E-state index < -0.39 is 0 Å². The van der Waals surface area contributed by atoms with Crippen molar-refractivity contribution in [1.29, 1.82) is 0 Å². The minimum atomic E-state index is -0.0247. The second-order valence-corrected chi connectivity index (χ2v) is 5.99. The molecular weight excluding hydrogens is 314 g/mol. The second kappa shape index (κ2) is 7.43. The van der Waals surface area contributed by atoms with Gasteiger partial charge in [-0.05, 0) is 43.7 Å². The number of methoxy groups -OCH3 is 1. The van der Waals surface area contributed by atoms with Crippen molar-refractivity contribution in [3.05, 3.63) is 59.7 Å². The molecule has 130 valence electrons. The van der Waals surface area contributed by atoms with E-state index in [0.717, 1.165) is 29.2 Å². The number of hydrogen-bond donors (Lipinski definition) is 0. The molecule has 4 heteroatoms. The molecule has 1 unspecified atom stereocenters. The van der Waals surface area contributed by atoms with Gasteiger partial charge in [0, 0.05) is 11.1 Å². The van der Waals surface area contributed by atoms with Gasteiger partial charge in [-0.1, -0.05) is 31.2 Å². The average Bonchev–Trinajstić information content (AvgIpc) is 2.67. The number of nitrogens with zero attached hydrogens (tertiary/aromatic N) is 1. The lowest BCUT2D eigenvalue weighted by Gasteiger charge is -2.35. The molecule has 1 amide bonds. The highest BCUT2D eigenvalue weighted by Gasteiger charge is 2.30. The largest absolute Gasteiger partial charge is 0.497 e. The van der Waals surface area contributed by atoms with Gasteiger partial charge >= 0.3 is 0 Å². The Hall–Kier alpha value is -2.75. The third-order valence-corrected chi connectivity index (χ3v) is 4.37. The normalized spacial score (nSPS) is 16.4. The molecular formula is C21H23NO3. The zero-order chi connectivity index (χ0) is 17.8. The number of ether oxygens (including phenoxy) is 2. The monoisotopic (exact) mass is 337 g/mol. The molecule has 0 spiro atoms. The van der Waals surface area contributed by atoms with Crippen LogP contribution in [0.25, 0.3) is 6.08 Å². The Bertz CT molecular complexity index is 780. The van der Waals surface area contributed by atoms with Crippen LogP contribution in [0.1, 0.15) is 36.2 Å². The SMILES string of the molecule is C/C=C/c1cccc2c1OC(CC)CN2C(=O)c1ccc(OC)cc1. The molecule has 0 saturated carbocycles. The van der Waals surface area contributed by atoms with Crippen LogP contribution in [0.5, 0.6) is 11.5 Å². The number of carbonyl (C=O) groups is 1. The van der Waals surface area contributed by atoms with E-state index in [2.05, 4.69) is 6.92 Å². The van der Waals surface area contributed by atoms with E-state index in [-0.39, 0.29) is 12.0 Å². The van der Waals surface area contributed by atoms with Gasteiger partial charge in [0.15, 0.2) is 5.75 Å². The predicted octanol–water partition coefficient (Wildman–Crippen LogP) is 4.55. The van der Waals surface area contributed by atoms with Gasteiger partial charge in [-0.15, -0.1) is 0 Å². The van der Waals surface area contributed by atoms with E-state index in [1.807, 2.05) is 54.3 Å². The molecule has 3 rings (SSSR count). The highest BCUT2D eigenvalue weighted by molar-refractivity contribution is 6.07. The van der Waals surface area contributed by atoms with Gasteiger partial charge in [0.2, 0.25) is 0 Å². The van der Waals surface area contributed by atoms with Crippen LogP contribution in [-0.2, 0) is 0 Å². The number of amides is 1. The van der Waals surface area contributed by atoms with Crippen molar-refractivity contribution >= 4 is 17.7 Å². The maximum atomic E-state index is 13.1. The van der Waals surface area contributed by atoms with Crippen molar-refractivity contribution in [3.63, 3.8) is 0 Å². The Balaban J connectivity index is 2.01. The van der Waals surface area contributed by atoms with Gasteiger partial charge in [-0.25, -0.2) is 0 Å². The van der Waals surface area contributed by atoms with Gasteiger partial charge in [-0.2, -0.15) is 0 Å². The second-order valence-electron chi connectivity index (χ2n) is 5.99. The zero-order valence-electron chi connectivity index (χ0n) is 14.9. The van der Waals surface area contributed by atoms with Gasteiger partial charge in [-0.3, -0.25) is 4.79 Å². The van der Waals surface area contributed by atoms with Crippen LogP contribution < -0.4 is 14.4 Å². The fourth-order valence-corrected chi connectivity index (χ4v) is 2.99. The summed E-state index contributed by atoms with van der Waals surface area (Å²) in [6, 6.07) is 13.1. The fraction of sp³-hybridized carbons (Fsp3) is 0.286. The van der Waals surface area contributed by atoms with Crippen LogP contribution in [0, 0.1) is 0 Å². The standard InChI is InChI=1S/C21H23NO3/c1-4-7-15-8-6-9-19-20(15)25-17(5-2)14-22(19)21(23)16-10-12-18(24-3)13-11-16/h4,6-13,17H,5,14H2,1-3H3/b7-4+. The Morgan fingerprint density at radius 3 is 2.68 bits per heavy atom. The van der Waals surface area contributed by atoms with Crippen molar-refractivity contribution in [3.8, 4) is 11.5 Å². The number of fused-ring (bicyclic) bond motifs is 1. The summed E-state index contributed by atoms with van der Waals surface area (Å²) in [5, 5.41) is 0. The van der Waals surface area contributed by atoms with Crippen molar-refractivity contribution in [2.45, 2.75) is 26.4 Å². The highest BCUT2D eigenvalue weighted by Crippen LogP contribution is 2.38. The minimum absolute atomic E-state index is 0.0129. The molecule has 1 heterocycles. The smallest absolute Gasteiger partial charge is 0.258 e. The summed E-state index contributed by atoms with van der Waals surface area (Å²) in [4.78, 5) is 14.9. The van der Waals surface area contributed by atoms with Crippen LogP contribution in [0.4, 0.5) is 5.69 Å². The van der Waals surface area contributed by atoms with Crippen molar-refractivity contribution < 1.29 is 14.3 Å². The third kappa shape index (κ3) is 3.38. The summed E-state index contributed by atoms with van der Waals surface area (Å²) in [5.74, 6) is 1.49. The van der Waals surface area contributed by atoms with E-state index in [4.69, 9.17) is 9.47 Å². The molecule has 25 heavy (non-hydrogen) atoms. The highest BCUT2D eigenvalue weighted by atomic mass is 16.5. The van der Waals surface area contributed by atoms with E-state index in [1.54, 1.807) is 19.2 Å². The van der Waals surface area contributed by atoms with E-state index >= 15 is 0 Å². The molecule has 4 nitrogen and oxygen atoms in total. The summed E-state index contributed by atoms with van der Waals surface area (Å²) in [6.45, 7) is 4.59. The number of benzene rings is 2. The number of rotatable bonds is 4. The summed E-state index contributed by atoms with van der Waals surface area (Å²) in [6.07, 6.45) is 4.81. The van der Waals surface area contributed by atoms with Gasteiger partial charge in [0.1, 0.15) is 11.9 Å². The summed E-state index contributed by atoms with van der Waals surface area (Å²) >= 11 is 0. The molecule has 1 aliphatic rings. The Morgan fingerprint density at radius 1 is 1.28 bits per heavy atom. The lowest BCUT2D eigenvalue weighted by molar-refractivity contribution is 0.0954. The van der Waals surface area contributed by atoms with E-state index in [0.29, 0.717) is 12.1 Å². The molecule has 0 aliphatic carbocycles. The number of carbonyl (C=O) groups excluding carboxylic acids is 1. The molecule has 1 atom stereocenters. The molecule has 2 aromatic rings. The molecule has 0 aromatic heterocycles. The lowest BCUT2D eigenvalue weighted by atomic mass is 10.1. The predicted molar refractivity (Wildman–Crippen MR) is 101 cm³/mol. The Labute approximate surface area is 148 Å². The van der Waals surface area contributed by atoms with Crippen LogP contribution in [-0.4, -0.2) is 25.7 Å². The number of anilines is 1.